The summed E-state index contributed by atoms with van der Waals surface area (Å²) in [6, 6.07) is 3.45. The van der Waals surface area contributed by atoms with Crippen LogP contribution in [0.25, 0.3) is 0 Å². The molecular weight excluding hydrogens is 238 g/mol. The highest BCUT2D eigenvalue weighted by molar-refractivity contribution is 5.87. The van der Waals surface area contributed by atoms with Crippen molar-refractivity contribution in [2.24, 2.45) is 0 Å². The minimum Gasteiger partial charge on any atom is -0.368 e. The van der Waals surface area contributed by atoms with Crippen molar-refractivity contribution in [3.8, 4) is 0 Å². The summed E-state index contributed by atoms with van der Waals surface area (Å²) >= 11 is 0. The first-order valence-corrected chi connectivity index (χ1v) is 5.72. The molecule has 96 valence electrons. The van der Waals surface area contributed by atoms with Gasteiger partial charge in [0.2, 0.25) is 5.91 Å². The molecule has 1 amide bonds. The molecule has 1 aliphatic heterocycles. The molecule has 0 N–H and O–H groups in total. The van der Waals surface area contributed by atoms with E-state index in [1.165, 1.54) is 18.2 Å². The Hall–Kier alpha value is -1.91. The molecule has 1 fully saturated rings. The molecule has 1 aliphatic rings. The van der Waals surface area contributed by atoms with Gasteiger partial charge in [0.25, 0.3) is 0 Å². The van der Waals surface area contributed by atoms with Crippen molar-refractivity contribution in [1.29, 1.82) is 0 Å². The molecule has 0 spiro atoms. The summed E-state index contributed by atoms with van der Waals surface area (Å²) in [5.41, 5.74) is 0.512. The van der Waals surface area contributed by atoms with Crippen LogP contribution in [0.3, 0.4) is 0 Å². The standard InChI is InChI=1S/C13H14F2N2O/c1-2-13(18)17-5-3-16(4-6-17)12-8-10(14)7-11(15)9-12/h2,7-9H,1,3-6H2. The molecule has 0 aliphatic carbocycles. The van der Waals surface area contributed by atoms with Gasteiger partial charge in [-0.05, 0) is 18.2 Å². The Morgan fingerprint density at radius 3 is 2.17 bits per heavy atom. The van der Waals surface area contributed by atoms with Crippen molar-refractivity contribution < 1.29 is 13.6 Å². The first-order valence-electron chi connectivity index (χ1n) is 5.72. The molecule has 0 saturated carbocycles. The van der Waals surface area contributed by atoms with Crippen LogP contribution in [0, 0.1) is 11.6 Å². The van der Waals surface area contributed by atoms with E-state index in [0.717, 1.165) is 6.07 Å². The van der Waals surface area contributed by atoms with Gasteiger partial charge in [0.05, 0.1) is 0 Å². The van der Waals surface area contributed by atoms with Gasteiger partial charge in [0.1, 0.15) is 11.6 Å². The Labute approximate surface area is 104 Å². The number of amides is 1. The van der Waals surface area contributed by atoms with Gasteiger partial charge >= 0.3 is 0 Å². The van der Waals surface area contributed by atoms with Gasteiger partial charge in [-0.15, -0.1) is 0 Å². The molecule has 1 aromatic rings. The molecule has 0 atom stereocenters. The van der Waals surface area contributed by atoms with Crippen molar-refractivity contribution in [2.75, 3.05) is 31.1 Å². The van der Waals surface area contributed by atoms with E-state index in [-0.39, 0.29) is 5.91 Å². The van der Waals surface area contributed by atoms with Crippen LogP contribution >= 0.6 is 0 Å². The molecule has 1 saturated heterocycles. The normalized spacial score (nSPS) is 15.7. The SMILES string of the molecule is C=CC(=O)N1CCN(c2cc(F)cc(F)c2)CC1. The van der Waals surface area contributed by atoms with E-state index in [1.807, 2.05) is 4.90 Å². The monoisotopic (exact) mass is 252 g/mol. The van der Waals surface area contributed by atoms with Gasteiger partial charge in [-0.1, -0.05) is 6.58 Å². The van der Waals surface area contributed by atoms with Gasteiger partial charge < -0.3 is 9.80 Å². The molecule has 0 bridgehead atoms. The summed E-state index contributed by atoms with van der Waals surface area (Å²) in [4.78, 5) is 14.9. The Kier molecular flexibility index (Phi) is 3.60. The van der Waals surface area contributed by atoms with Gasteiger partial charge in [-0.2, -0.15) is 0 Å². The van der Waals surface area contributed by atoms with E-state index >= 15 is 0 Å². The lowest BCUT2D eigenvalue weighted by Gasteiger charge is -2.35. The number of benzene rings is 1. The van der Waals surface area contributed by atoms with Crippen molar-refractivity contribution >= 4 is 11.6 Å². The Morgan fingerprint density at radius 2 is 1.67 bits per heavy atom. The first-order chi connectivity index (χ1) is 8.60. The number of piperazine rings is 1. The average molecular weight is 252 g/mol. The lowest BCUT2D eigenvalue weighted by atomic mass is 10.2. The lowest BCUT2D eigenvalue weighted by molar-refractivity contribution is -0.126. The fraction of sp³-hybridized carbons (Fsp3) is 0.308. The third kappa shape index (κ3) is 2.67. The number of hydrogen-bond acceptors (Lipinski definition) is 2. The summed E-state index contributed by atoms with van der Waals surface area (Å²) in [6.45, 7) is 5.61. The molecule has 5 heteroatoms. The van der Waals surface area contributed by atoms with Gasteiger partial charge in [0.15, 0.2) is 0 Å². The average Bonchev–Trinajstić information content (AvgIpc) is 2.37. The fourth-order valence-electron chi connectivity index (χ4n) is 2.04. The second-order valence-corrected chi connectivity index (χ2v) is 4.14. The Balaban J connectivity index is 2.05. The molecule has 1 heterocycles. The molecule has 1 aromatic carbocycles. The van der Waals surface area contributed by atoms with Gasteiger partial charge in [0, 0.05) is 37.9 Å². The summed E-state index contributed by atoms with van der Waals surface area (Å²) < 4.78 is 26.2. The minimum atomic E-state index is -0.588. The summed E-state index contributed by atoms with van der Waals surface area (Å²) in [5, 5.41) is 0. The highest BCUT2D eigenvalue weighted by Crippen LogP contribution is 2.19. The van der Waals surface area contributed by atoms with E-state index in [0.29, 0.717) is 31.9 Å². The van der Waals surface area contributed by atoms with E-state index in [4.69, 9.17) is 0 Å². The lowest BCUT2D eigenvalue weighted by Crippen LogP contribution is -2.48. The highest BCUT2D eigenvalue weighted by atomic mass is 19.1. The van der Waals surface area contributed by atoms with Crippen LogP contribution in [-0.2, 0) is 4.79 Å². The minimum absolute atomic E-state index is 0.111. The summed E-state index contributed by atoms with van der Waals surface area (Å²) in [5.74, 6) is -1.29. The number of carbonyl (C=O) groups is 1. The maximum absolute atomic E-state index is 13.1. The van der Waals surface area contributed by atoms with Crippen molar-refractivity contribution in [3.63, 3.8) is 0 Å². The third-order valence-corrected chi connectivity index (χ3v) is 2.98. The Morgan fingerprint density at radius 1 is 1.11 bits per heavy atom. The maximum atomic E-state index is 13.1. The van der Waals surface area contributed by atoms with Crippen molar-refractivity contribution in [2.45, 2.75) is 0 Å². The zero-order chi connectivity index (χ0) is 13.1. The van der Waals surface area contributed by atoms with Crippen LogP contribution in [0.5, 0.6) is 0 Å². The van der Waals surface area contributed by atoms with E-state index in [9.17, 15) is 13.6 Å². The second-order valence-electron chi connectivity index (χ2n) is 4.14. The third-order valence-electron chi connectivity index (χ3n) is 2.98. The molecule has 3 nitrogen and oxygen atoms in total. The highest BCUT2D eigenvalue weighted by Gasteiger charge is 2.20. The van der Waals surface area contributed by atoms with Gasteiger partial charge in [-0.3, -0.25) is 4.79 Å². The number of carbonyl (C=O) groups excluding carboxylic acids is 1. The zero-order valence-electron chi connectivity index (χ0n) is 9.90. The van der Waals surface area contributed by atoms with Crippen LogP contribution in [0.1, 0.15) is 0 Å². The number of anilines is 1. The first kappa shape index (κ1) is 12.5. The molecule has 2 rings (SSSR count). The van der Waals surface area contributed by atoms with Crippen LogP contribution in [-0.4, -0.2) is 37.0 Å². The quantitative estimate of drug-likeness (QED) is 0.749. The zero-order valence-corrected chi connectivity index (χ0v) is 9.90. The van der Waals surface area contributed by atoms with Crippen LogP contribution in [0.4, 0.5) is 14.5 Å². The Bertz CT molecular complexity index is 448. The fourth-order valence-corrected chi connectivity index (χ4v) is 2.04. The topological polar surface area (TPSA) is 23.6 Å². The smallest absolute Gasteiger partial charge is 0.246 e. The van der Waals surface area contributed by atoms with Crippen molar-refractivity contribution in [3.05, 3.63) is 42.5 Å². The number of rotatable bonds is 2. The maximum Gasteiger partial charge on any atom is 0.246 e. The molecule has 0 radical (unpaired) electrons. The largest absolute Gasteiger partial charge is 0.368 e. The second kappa shape index (κ2) is 5.16. The summed E-state index contributed by atoms with van der Waals surface area (Å²) in [7, 11) is 0. The molecule has 0 unspecified atom stereocenters. The van der Waals surface area contributed by atoms with Crippen LogP contribution < -0.4 is 4.90 Å². The number of halogens is 2. The molecule has 18 heavy (non-hydrogen) atoms. The van der Waals surface area contributed by atoms with E-state index < -0.39 is 11.6 Å². The van der Waals surface area contributed by atoms with Crippen LogP contribution in [0.15, 0.2) is 30.9 Å². The number of nitrogens with zero attached hydrogens (tertiary/aromatic N) is 2. The summed E-state index contributed by atoms with van der Waals surface area (Å²) in [6.07, 6.45) is 1.28. The van der Waals surface area contributed by atoms with E-state index in [2.05, 4.69) is 6.58 Å². The van der Waals surface area contributed by atoms with E-state index in [1.54, 1.807) is 4.90 Å². The van der Waals surface area contributed by atoms with Crippen LogP contribution in [0.2, 0.25) is 0 Å². The predicted octanol–water partition coefficient (Wildman–Crippen LogP) is 1.80. The predicted molar refractivity (Wildman–Crippen MR) is 65.3 cm³/mol. The van der Waals surface area contributed by atoms with Gasteiger partial charge in [-0.25, -0.2) is 8.78 Å². The van der Waals surface area contributed by atoms with Crippen molar-refractivity contribution in [1.82, 2.24) is 4.90 Å². The molecular formula is C13H14F2N2O. The number of hydrogen-bond donors (Lipinski definition) is 0. The molecule has 0 aromatic heterocycles.